The lowest BCUT2D eigenvalue weighted by molar-refractivity contribution is -0.157. The Kier molecular flexibility index (Phi) is 8.40. The van der Waals surface area contributed by atoms with E-state index in [1.165, 1.54) is 6.07 Å². The molecule has 2 aliphatic heterocycles. The van der Waals surface area contributed by atoms with Crippen molar-refractivity contribution in [2.75, 3.05) is 19.7 Å². The number of aromatic carboxylic acids is 1. The highest BCUT2D eigenvalue weighted by Crippen LogP contribution is 2.36. The molecule has 10 heteroatoms. The Bertz CT molecular complexity index is 1180. The van der Waals surface area contributed by atoms with Crippen molar-refractivity contribution in [3.8, 4) is 0 Å². The molecular formula is C28H32ClF3N2O4. The van der Waals surface area contributed by atoms with Crippen LogP contribution in [0.4, 0.5) is 13.2 Å². The van der Waals surface area contributed by atoms with Gasteiger partial charge in [0.25, 0.3) is 5.91 Å². The van der Waals surface area contributed by atoms with Gasteiger partial charge in [-0.1, -0.05) is 30.7 Å². The highest BCUT2D eigenvalue weighted by Gasteiger charge is 2.41. The summed E-state index contributed by atoms with van der Waals surface area (Å²) in [4.78, 5) is 26.7. The van der Waals surface area contributed by atoms with Crippen LogP contribution in [0.5, 0.6) is 0 Å². The molecule has 38 heavy (non-hydrogen) atoms. The number of ether oxygens (including phenoxy) is 1. The topological polar surface area (TPSA) is 78.9 Å². The predicted octanol–water partition coefficient (Wildman–Crippen LogP) is 5.74. The van der Waals surface area contributed by atoms with Gasteiger partial charge in [-0.25, -0.2) is 4.79 Å². The average molecular weight is 553 g/mol. The number of nitrogens with one attached hydrogen (secondary N) is 1. The highest BCUT2D eigenvalue weighted by molar-refractivity contribution is 6.30. The third kappa shape index (κ3) is 6.50. The fourth-order valence-electron chi connectivity index (χ4n) is 5.54. The van der Waals surface area contributed by atoms with Gasteiger partial charge in [0, 0.05) is 24.2 Å². The molecule has 6 nitrogen and oxygen atoms in total. The van der Waals surface area contributed by atoms with Crippen LogP contribution in [0.1, 0.15) is 66.1 Å². The van der Waals surface area contributed by atoms with Gasteiger partial charge >= 0.3 is 12.1 Å². The SMILES string of the molecule is C[C@H]1CN([C@@H]2CC[C@](C)(C(=O)NCc3cc(Cl)cc(C(F)(F)F)c3)OC2)CC[C@@H]1c1cccc(C(=O)O)c1. The number of halogens is 4. The molecular weight excluding hydrogens is 521 g/mol. The third-order valence-electron chi connectivity index (χ3n) is 7.78. The van der Waals surface area contributed by atoms with Crippen LogP contribution in [0.25, 0.3) is 0 Å². The zero-order valence-corrected chi connectivity index (χ0v) is 22.1. The average Bonchev–Trinajstić information content (AvgIpc) is 2.87. The first-order valence-electron chi connectivity index (χ1n) is 12.7. The number of carboxylic acids is 1. The Hall–Kier alpha value is -2.62. The predicted molar refractivity (Wildman–Crippen MR) is 137 cm³/mol. The molecule has 2 N–H and O–H groups in total. The van der Waals surface area contributed by atoms with Crippen molar-refractivity contribution < 1.29 is 32.6 Å². The van der Waals surface area contributed by atoms with Crippen molar-refractivity contribution >= 4 is 23.5 Å². The van der Waals surface area contributed by atoms with Crippen molar-refractivity contribution in [1.82, 2.24) is 10.2 Å². The van der Waals surface area contributed by atoms with E-state index in [1.54, 1.807) is 25.1 Å². The lowest BCUT2D eigenvalue weighted by Crippen LogP contribution is -2.55. The molecule has 0 bridgehead atoms. The summed E-state index contributed by atoms with van der Waals surface area (Å²) in [6, 6.07) is 10.6. The van der Waals surface area contributed by atoms with Crippen molar-refractivity contribution in [2.45, 2.75) is 63.4 Å². The number of hydrogen-bond donors (Lipinski definition) is 2. The molecule has 0 aromatic heterocycles. The van der Waals surface area contributed by atoms with E-state index < -0.39 is 23.3 Å². The van der Waals surface area contributed by atoms with Gasteiger partial charge in [-0.2, -0.15) is 13.2 Å². The van der Waals surface area contributed by atoms with Gasteiger partial charge in [0.15, 0.2) is 0 Å². The normalized spacial score (nSPS) is 26.6. The Balaban J connectivity index is 1.30. The third-order valence-corrected chi connectivity index (χ3v) is 8.00. The molecule has 2 aliphatic rings. The highest BCUT2D eigenvalue weighted by atomic mass is 35.5. The van der Waals surface area contributed by atoms with Crippen LogP contribution < -0.4 is 5.32 Å². The van der Waals surface area contributed by atoms with E-state index in [0.717, 1.165) is 43.6 Å². The standard InChI is InChI=1S/C28H32ClF3N2O4/c1-17-15-34(9-7-24(17)19-4-3-5-20(12-19)25(35)36)23-6-8-27(2,38-16-23)26(37)33-14-18-10-21(28(30,31)32)13-22(29)11-18/h3-5,10-13,17,23-24H,6-9,14-16H2,1-2H3,(H,33,37)(H,35,36)/t17-,23+,24-,27+/m0/s1. The molecule has 2 heterocycles. The number of amides is 1. The van der Waals surface area contributed by atoms with E-state index in [4.69, 9.17) is 16.3 Å². The Morgan fingerprint density at radius 2 is 1.97 bits per heavy atom. The molecule has 4 rings (SSSR count). The van der Waals surface area contributed by atoms with Gasteiger partial charge in [0.2, 0.25) is 0 Å². The molecule has 2 fully saturated rings. The molecule has 0 aliphatic carbocycles. The smallest absolute Gasteiger partial charge is 0.416 e. The second-order valence-corrected chi connectivity index (χ2v) is 11.0. The molecule has 0 radical (unpaired) electrons. The lowest BCUT2D eigenvalue weighted by Gasteiger charge is -2.45. The molecule has 206 valence electrons. The van der Waals surface area contributed by atoms with Crippen LogP contribution in [0, 0.1) is 5.92 Å². The van der Waals surface area contributed by atoms with Crippen LogP contribution in [-0.2, 0) is 22.3 Å². The minimum atomic E-state index is -4.52. The largest absolute Gasteiger partial charge is 0.478 e. The summed E-state index contributed by atoms with van der Waals surface area (Å²) in [6.07, 6.45) is -2.38. The molecule has 2 aromatic carbocycles. The zero-order valence-electron chi connectivity index (χ0n) is 21.4. The van der Waals surface area contributed by atoms with Crippen molar-refractivity contribution in [2.24, 2.45) is 5.92 Å². The van der Waals surface area contributed by atoms with Crippen LogP contribution in [0.3, 0.4) is 0 Å². The quantitative estimate of drug-likeness (QED) is 0.478. The molecule has 4 atom stereocenters. The summed E-state index contributed by atoms with van der Waals surface area (Å²) in [5.41, 5.74) is -0.316. The summed E-state index contributed by atoms with van der Waals surface area (Å²) in [5, 5.41) is 12.0. The summed E-state index contributed by atoms with van der Waals surface area (Å²) < 4.78 is 45.3. The van der Waals surface area contributed by atoms with Crippen molar-refractivity contribution in [3.63, 3.8) is 0 Å². The number of alkyl halides is 3. The molecule has 2 saturated heterocycles. The maximum atomic E-state index is 13.1. The summed E-state index contributed by atoms with van der Waals surface area (Å²) in [5.74, 6) is -0.698. The monoisotopic (exact) mass is 552 g/mol. The van der Waals surface area contributed by atoms with Gasteiger partial charge < -0.3 is 15.2 Å². The zero-order chi connectivity index (χ0) is 27.7. The number of likely N-dealkylation sites (tertiary alicyclic amines) is 1. The van der Waals surface area contributed by atoms with E-state index in [9.17, 15) is 27.9 Å². The number of carbonyl (C=O) groups is 2. The van der Waals surface area contributed by atoms with Crippen LogP contribution >= 0.6 is 11.6 Å². The maximum Gasteiger partial charge on any atom is 0.416 e. The van der Waals surface area contributed by atoms with Crippen LogP contribution in [0.15, 0.2) is 42.5 Å². The number of hydrogen-bond acceptors (Lipinski definition) is 4. The second kappa shape index (κ2) is 11.2. The number of carboxylic acid groups (broad SMARTS) is 1. The molecule has 0 unspecified atom stereocenters. The fraction of sp³-hybridized carbons (Fsp3) is 0.500. The van der Waals surface area contributed by atoms with Crippen molar-refractivity contribution in [3.05, 3.63) is 69.7 Å². The Morgan fingerprint density at radius 3 is 2.61 bits per heavy atom. The summed E-state index contributed by atoms with van der Waals surface area (Å²) >= 11 is 5.85. The van der Waals surface area contributed by atoms with E-state index in [0.29, 0.717) is 24.5 Å². The fourth-order valence-corrected chi connectivity index (χ4v) is 5.79. The first kappa shape index (κ1) is 28.4. The molecule has 0 saturated carbocycles. The second-order valence-electron chi connectivity index (χ2n) is 10.6. The molecule has 0 spiro atoms. The minimum absolute atomic E-state index is 0.0420. The van der Waals surface area contributed by atoms with Gasteiger partial charge in [0.05, 0.1) is 17.7 Å². The Labute approximate surface area is 225 Å². The first-order chi connectivity index (χ1) is 17.9. The van der Waals surface area contributed by atoms with Crippen LogP contribution in [0.2, 0.25) is 5.02 Å². The van der Waals surface area contributed by atoms with Gasteiger partial charge in [-0.3, -0.25) is 9.69 Å². The van der Waals surface area contributed by atoms with E-state index in [2.05, 4.69) is 17.1 Å². The summed E-state index contributed by atoms with van der Waals surface area (Å²) in [7, 11) is 0. The number of rotatable bonds is 6. The minimum Gasteiger partial charge on any atom is -0.478 e. The van der Waals surface area contributed by atoms with Gasteiger partial charge in [0.1, 0.15) is 5.60 Å². The Morgan fingerprint density at radius 1 is 1.21 bits per heavy atom. The van der Waals surface area contributed by atoms with E-state index in [1.807, 2.05) is 6.07 Å². The number of carbonyl (C=O) groups excluding carboxylic acids is 1. The lowest BCUT2D eigenvalue weighted by atomic mass is 9.80. The number of benzene rings is 2. The van der Waals surface area contributed by atoms with Gasteiger partial charge in [-0.05, 0) is 86.0 Å². The van der Waals surface area contributed by atoms with Gasteiger partial charge in [-0.15, -0.1) is 0 Å². The number of nitrogens with zero attached hydrogens (tertiary/aromatic N) is 1. The summed E-state index contributed by atoms with van der Waals surface area (Å²) in [6.45, 7) is 5.87. The van der Waals surface area contributed by atoms with Crippen molar-refractivity contribution in [1.29, 1.82) is 0 Å². The molecule has 2 aromatic rings. The first-order valence-corrected chi connectivity index (χ1v) is 13.1. The number of piperidine rings is 1. The van der Waals surface area contributed by atoms with E-state index >= 15 is 0 Å². The molecule has 1 amide bonds. The maximum absolute atomic E-state index is 13.1. The van der Waals surface area contributed by atoms with Crippen LogP contribution in [-0.4, -0.2) is 53.2 Å². The van der Waals surface area contributed by atoms with E-state index in [-0.39, 0.29) is 35.0 Å².